The molecule has 0 aromatic heterocycles. The number of carbonyl (C=O) groups excluding carboxylic acids is 1. The van der Waals surface area contributed by atoms with Crippen LogP contribution in [0.3, 0.4) is 0 Å². The van der Waals surface area contributed by atoms with Gasteiger partial charge in [-0.05, 0) is 49.7 Å². The SMILES string of the molecule is COc1cc(CC(OC(C)C)C(=O)O)cc(CNC(=O)c2ccc(Cl)cc2F)c1OC. The first-order chi connectivity index (χ1) is 14.7. The summed E-state index contributed by atoms with van der Waals surface area (Å²) in [6.45, 7) is 3.50. The average Bonchev–Trinajstić information content (AvgIpc) is 2.70. The normalized spacial score (nSPS) is 11.8. The van der Waals surface area contributed by atoms with Crippen LogP contribution in [0.2, 0.25) is 5.02 Å². The number of nitrogens with one attached hydrogen (secondary N) is 1. The van der Waals surface area contributed by atoms with E-state index in [9.17, 15) is 19.1 Å². The van der Waals surface area contributed by atoms with E-state index in [-0.39, 0.29) is 29.7 Å². The molecule has 2 rings (SSSR count). The summed E-state index contributed by atoms with van der Waals surface area (Å²) in [5.74, 6) is -1.71. The fraction of sp³-hybridized carbons (Fsp3) is 0.364. The van der Waals surface area contributed by atoms with E-state index in [4.69, 9.17) is 25.8 Å². The van der Waals surface area contributed by atoms with Crippen LogP contribution in [0.1, 0.15) is 35.3 Å². The van der Waals surface area contributed by atoms with E-state index >= 15 is 0 Å². The summed E-state index contributed by atoms with van der Waals surface area (Å²) >= 11 is 5.73. The highest BCUT2D eigenvalue weighted by molar-refractivity contribution is 6.30. The minimum absolute atomic E-state index is 0.00293. The first-order valence-corrected chi connectivity index (χ1v) is 9.89. The van der Waals surface area contributed by atoms with Crippen LogP contribution in [0.15, 0.2) is 30.3 Å². The van der Waals surface area contributed by atoms with Crippen LogP contribution in [-0.4, -0.2) is 43.4 Å². The molecule has 0 aliphatic carbocycles. The molecule has 7 nitrogen and oxygen atoms in total. The largest absolute Gasteiger partial charge is 0.493 e. The standard InChI is InChI=1S/C22H25ClFNO6/c1-12(2)31-19(22(27)28)9-13-7-14(20(30-4)18(8-13)29-3)11-25-21(26)16-6-5-15(23)10-17(16)24/h5-8,10,12,19H,9,11H2,1-4H3,(H,25,26)(H,27,28). The van der Waals surface area contributed by atoms with Gasteiger partial charge in [0, 0.05) is 23.6 Å². The summed E-state index contributed by atoms with van der Waals surface area (Å²) in [5.41, 5.74) is 1.00. The molecule has 0 saturated heterocycles. The second-order valence-corrected chi connectivity index (χ2v) is 7.45. The smallest absolute Gasteiger partial charge is 0.333 e. The van der Waals surface area contributed by atoms with Crippen LogP contribution >= 0.6 is 11.6 Å². The molecule has 1 atom stereocenters. The predicted molar refractivity (Wildman–Crippen MR) is 113 cm³/mol. The highest BCUT2D eigenvalue weighted by Gasteiger charge is 2.22. The van der Waals surface area contributed by atoms with Gasteiger partial charge in [0.1, 0.15) is 5.82 Å². The zero-order valence-electron chi connectivity index (χ0n) is 17.7. The quantitative estimate of drug-likeness (QED) is 0.567. The van der Waals surface area contributed by atoms with E-state index in [1.807, 2.05) is 0 Å². The van der Waals surface area contributed by atoms with Gasteiger partial charge in [-0.15, -0.1) is 0 Å². The molecule has 0 fully saturated rings. The molecule has 0 aliphatic rings. The molecule has 0 aliphatic heterocycles. The zero-order chi connectivity index (χ0) is 23.1. The van der Waals surface area contributed by atoms with Crippen molar-refractivity contribution in [1.29, 1.82) is 0 Å². The number of methoxy groups -OCH3 is 2. The van der Waals surface area contributed by atoms with Crippen molar-refractivity contribution >= 4 is 23.5 Å². The molecule has 0 bridgehead atoms. The van der Waals surface area contributed by atoms with E-state index in [0.29, 0.717) is 22.6 Å². The third kappa shape index (κ3) is 6.57. The number of hydrogen-bond acceptors (Lipinski definition) is 5. The Morgan fingerprint density at radius 1 is 1.16 bits per heavy atom. The van der Waals surface area contributed by atoms with Gasteiger partial charge in [0.2, 0.25) is 0 Å². The fourth-order valence-electron chi connectivity index (χ4n) is 3.04. The van der Waals surface area contributed by atoms with Crippen molar-refractivity contribution < 1.29 is 33.3 Å². The average molecular weight is 454 g/mol. The van der Waals surface area contributed by atoms with Crippen molar-refractivity contribution in [1.82, 2.24) is 5.32 Å². The molecule has 31 heavy (non-hydrogen) atoms. The number of halogens is 2. The zero-order valence-corrected chi connectivity index (χ0v) is 18.5. The summed E-state index contributed by atoms with van der Waals surface area (Å²) < 4.78 is 30.3. The molecular weight excluding hydrogens is 429 g/mol. The second kappa shape index (κ2) is 11.0. The van der Waals surface area contributed by atoms with Crippen molar-refractivity contribution in [2.45, 2.75) is 39.0 Å². The lowest BCUT2D eigenvalue weighted by Crippen LogP contribution is -2.29. The highest BCUT2D eigenvalue weighted by Crippen LogP contribution is 2.33. The van der Waals surface area contributed by atoms with Crippen LogP contribution in [0, 0.1) is 5.82 Å². The molecule has 9 heteroatoms. The van der Waals surface area contributed by atoms with Gasteiger partial charge in [0.05, 0.1) is 25.9 Å². The number of amides is 1. The second-order valence-electron chi connectivity index (χ2n) is 7.01. The van der Waals surface area contributed by atoms with E-state index in [0.717, 1.165) is 6.07 Å². The maximum absolute atomic E-state index is 14.0. The third-order valence-corrected chi connectivity index (χ3v) is 4.60. The lowest BCUT2D eigenvalue weighted by atomic mass is 10.0. The Labute approximate surface area is 185 Å². The van der Waals surface area contributed by atoms with Crippen LogP contribution in [-0.2, 0) is 22.5 Å². The Bertz CT molecular complexity index is 950. The van der Waals surface area contributed by atoms with E-state index < -0.39 is 23.8 Å². The highest BCUT2D eigenvalue weighted by atomic mass is 35.5. The number of carbonyl (C=O) groups is 2. The lowest BCUT2D eigenvalue weighted by Gasteiger charge is -2.19. The first kappa shape index (κ1) is 24.4. The van der Waals surface area contributed by atoms with E-state index in [2.05, 4.69) is 5.32 Å². The minimum atomic E-state index is -1.09. The van der Waals surface area contributed by atoms with Gasteiger partial charge in [0.25, 0.3) is 5.91 Å². The number of hydrogen-bond donors (Lipinski definition) is 2. The number of ether oxygens (including phenoxy) is 3. The van der Waals surface area contributed by atoms with Crippen molar-refractivity contribution in [3.63, 3.8) is 0 Å². The maximum Gasteiger partial charge on any atom is 0.333 e. The summed E-state index contributed by atoms with van der Waals surface area (Å²) in [5, 5.41) is 12.3. The molecule has 0 radical (unpaired) electrons. The molecule has 2 N–H and O–H groups in total. The van der Waals surface area contributed by atoms with Gasteiger partial charge in [-0.3, -0.25) is 4.79 Å². The number of rotatable bonds is 10. The molecule has 2 aromatic carbocycles. The third-order valence-electron chi connectivity index (χ3n) is 4.36. The van der Waals surface area contributed by atoms with Crippen LogP contribution in [0.5, 0.6) is 11.5 Å². The Morgan fingerprint density at radius 2 is 1.87 bits per heavy atom. The maximum atomic E-state index is 14.0. The van der Waals surface area contributed by atoms with Gasteiger partial charge < -0.3 is 24.6 Å². The van der Waals surface area contributed by atoms with Gasteiger partial charge >= 0.3 is 5.97 Å². The van der Waals surface area contributed by atoms with E-state index in [1.54, 1.807) is 26.0 Å². The van der Waals surface area contributed by atoms with Crippen molar-refractivity contribution in [3.8, 4) is 11.5 Å². The van der Waals surface area contributed by atoms with Crippen molar-refractivity contribution in [3.05, 3.63) is 57.9 Å². The van der Waals surface area contributed by atoms with Crippen LogP contribution in [0.4, 0.5) is 4.39 Å². The minimum Gasteiger partial charge on any atom is -0.493 e. The Morgan fingerprint density at radius 3 is 2.42 bits per heavy atom. The van der Waals surface area contributed by atoms with Gasteiger partial charge in [-0.2, -0.15) is 0 Å². The molecule has 1 amide bonds. The Balaban J connectivity index is 2.29. The predicted octanol–water partition coefficient (Wildman–Crippen LogP) is 3.85. The number of aliphatic carboxylic acids is 1. The first-order valence-electron chi connectivity index (χ1n) is 9.51. The molecule has 168 valence electrons. The van der Waals surface area contributed by atoms with E-state index in [1.165, 1.54) is 26.4 Å². The molecule has 1 unspecified atom stereocenters. The molecule has 0 saturated carbocycles. The number of carboxylic acids is 1. The summed E-state index contributed by atoms with van der Waals surface area (Å²) in [6.07, 6.45) is -1.24. The topological polar surface area (TPSA) is 94.1 Å². The van der Waals surface area contributed by atoms with Crippen molar-refractivity contribution in [2.24, 2.45) is 0 Å². The molecule has 2 aromatic rings. The number of carboxylic acid groups (broad SMARTS) is 1. The Kier molecular flexibility index (Phi) is 8.65. The monoisotopic (exact) mass is 453 g/mol. The van der Waals surface area contributed by atoms with Crippen LogP contribution in [0.25, 0.3) is 0 Å². The summed E-state index contributed by atoms with van der Waals surface area (Å²) in [6, 6.07) is 7.12. The summed E-state index contributed by atoms with van der Waals surface area (Å²) in [7, 11) is 2.90. The van der Waals surface area contributed by atoms with Crippen molar-refractivity contribution in [2.75, 3.05) is 14.2 Å². The Hall–Kier alpha value is -2.84. The molecular formula is C22H25ClFNO6. The van der Waals surface area contributed by atoms with Gasteiger partial charge in [0.15, 0.2) is 17.6 Å². The molecule has 0 heterocycles. The number of benzene rings is 2. The fourth-order valence-corrected chi connectivity index (χ4v) is 3.20. The lowest BCUT2D eigenvalue weighted by molar-refractivity contribution is -0.153. The van der Waals surface area contributed by atoms with Crippen LogP contribution < -0.4 is 14.8 Å². The molecule has 0 spiro atoms. The van der Waals surface area contributed by atoms with Gasteiger partial charge in [-0.25, -0.2) is 9.18 Å². The van der Waals surface area contributed by atoms with Gasteiger partial charge in [-0.1, -0.05) is 11.6 Å². The summed E-state index contributed by atoms with van der Waals surface area (Å²) in [4.78, 5) is 24.0.